The van der Waals surface area contributed by atoms with Crippen molar-refractivity contribution in [3.8, 4) is 0 Å². The predicted molar refractivity (Wildman–Crippen MR) is 93.5 cm³/mol. The first kappa shape index (κ1) is 16.0. The molecule has 0 aliphatic carbocycles. The zero-order valence-corrected chi connectivity index (χ0v) is 14.8. The minimum atomic E-state index is -3.71. The van der Waals surface area contributed by atoms with Crippen LogP contribution in [0.15, 0.2) is 50.6 Å². The molecular weight excluding hydrogens is 369 g/mol. The Kier molecular flexibility index (Phi) is 3.84. The molecule has 0 radical (unpaired) electrons. The number of hydrogen-bond donors (Lipinski definition) is 1. The van der Waals surface area contributed by atoms with Crippen molar-refractivity contribution in [2.24, 2.45) is 0 Å². The van der Waals surface area contributed by atoms with Crippen LogP contribution in [-0.2, 0) is 22.8 Å². The molecule has 0 unspecified atom stereocenters. The minimum absolute atomic E-state index is 0.136. The lowest BCUT2D eigenvalue weighted by atomic mass is 10.1. The Bertz CT molecular complexity index is 1060. The molecule has 0 atom stereocenters. The van der Waals surface area contributed by atoms with Gasteiger partial charge in [0.25, 0.3) is 0 Å². The third-order valence-corrected chi connectivity index (χ3v) is 6.40. The summed E-state index contributed by atoms with van der Waals surface area (Å²) in [5.41, 5.74) is 1.51. The van der Waals surface area contributed by atoms with Gasteiger partial charge in [-0.15, -0.1) is 0 Å². The summed E-state index contributed by atoms with van der Waals surface area (Å²) >= 11 is 12.2. The molecule has 0 fully saturated rings. The van der Waals surface area contributed by atoms with Gasteiger partial charge in [0.05, 0.1) is 14.8 Å². The maximum atomic E-state index is 12.9. The Hall–Kier alpha value is -1.53. The Labute approximate surface area is 149 Å². The number of fused-ring (bicyclic) bond motifs is 3. The molecule has 1 N–H and O–H groups in total. The van der Waals surface area contributed by atoms with E-state index >= 15 is 0 Å². The van der Waals surface area contributed by atoms with Gasteiger partial charge in [0.1, 0.15) is 5.76 Å². The smallest absolute Gasteiger partial charge is 0.206 e. The van der Waals surface area contributed by atoms with Gasteiger partial charge in [-0.1, -0.05) is 29.3 Å². The molecule has 0 spiro atoms. The highest BCUT2D eigenvalue weighted by Gasteiger charge is 2.24. The van der Waals surface area contributed by atoms with Gasteiger partial charge in [-0.2, -0.15) is 0 Å². The Morgan fingerprint density at radius 2 is 1.92 bits per heavy atom. The van der Waals surface area contributed by atoms with Crippen LogP contribution in [0, 0.1) is 0 Å². The van der Waals surface area contributed by atoms with E-state index in [-0.39, 0.29) is 9.79 Å². The quantitative estimate of drug-likeness (QED) is 0.721. The predicted octanol–water partition coefficient (Wildman–Crippen LogP) is 4.22. The molecule has 0 amide bonds. The standard InChI is InChI=1S/C17H13Cl2NO3S/c18-10-2-1-3-11(6-10)24(21,22)12-7-13-14-9-20-5-4-16(14)23-17(13)15(19)8-12/h1-3,6-8,20H,4-5,9H2. The molecule has 7 heteroatoms. The van der Waals surface area contributed by atoms with E-state index in [0.29, 0.717) is 22.2 Å². The topological polar surface area (TPSA) is 59.3 Å². The highest BCUT2D eigenvalue weighted by atomic mass is 35.5. The maximum absolute atomic E-state index is 12.9. The SMILES string of the molecule is O=S(=O)(c1cccc(Cl)c1)c1cc(Cl)c2oc3c(c2c1)CNCC3. The molecule has 124 valence electrons. The fourth-order valence-corrected chi connectivity index (χ4v) is 4.90. The average Bonchev–Trinajstić information content (AvgIpc) is 2.94. The van der Waals surface area contributed by atoms with Crippen molar-refractivity contribution >= 4 is 44.0 Å². The van der Waals surface area contributed by atoms with Crippen molar-refractivity contribution in [1.82, 2.24) is 5.32 Å². The number of hydrogen-bond acceptors (Lipinski definition) is 4. The van der Waals surface area contributed by atoms with Crippen molar-refractivity contribution in [3.05, 3.63) is 57.8 Å². The number of nitrogens with one attached hydrogen (secondary N) is 1. The fourth-order valence-electron chi connectivity index (χ4n) is 2.97. The summed E-state index contributed by atoms with van der Waals surface area (Å²) in [7, 11) is -3.71. The van der Waals surface area contributed by atoms with Crippen LogP contribution in [0.25, 0.3) is 11.0 Å². The third-order valence-electron chi connectivity index (χ3n) is 4.15. The first-order valence-corrected chi connectivity index (χ1v) is 9.66. The van der Waals surface area contributed by atoms with E-state index in [2.05, 4.69) is 5.32 Å². The van der Waals surface area contributed by atoms with E-state index in [1.54, 1.807) is 18.2 Å². The third kappa shape index (κ3) is 2.52. The van der Waals surface area contributed by atoms with Crippen LogP contribution < -0.4 is 5.32 Å². The molecule has 0 bridgehead atoms. The lowest BCUT2D eigenvalue weighted by molar-refractivity contribution is 0.500. The van der Waals surface area contributed by atoms with E-state index in [9.17, 15) is 8.42 Å². The molecule has 1 aromatic heterocycles. The van der Waals surface area contributed by atoms with E-state index < -0.39 is 9.84 Å². The summed E-state index contributed by atoms with van der Waals surface area (Å²) in [5.74, 6) is 0.864. The van der Waals surface area contributed by atoms with Crippen molar-refractivity contribution in [3.63, 3.8) is 0 Å². The molecule has 3 aromatic rings. The van der Waals surface area contributed by atoms with Crippen LogP contribution in [-0.4, -0.2) is 15.0 Å². The molecule has 24 heavy (non-hydrogen) atoms. The van der Waals surface area contributed by atoms with E-state index in [1.807, 2.05) is 0 Å². The minimum Gasteiger partial charge on any atom is -0.459 e. The molecule has 1 aliphatic heterocycles. The van der Waals surface area contributed by atoms with Crippen LogP contribution in [0.5, 0.6) is 0 Å². The van der Waals surface area contributed by atoms with Gasteiger partial charge in [-0.3, -0.25) is 0 Å². The van der Waals surface area contributed by atoms with Gasteiger partial charge in [-0.25, -0.2) is 8.42 Å². The number of halogens is 2. The largest absolute Gasteiger partial charge is 0.459 e. The fraction of sp³-hybridized carbons (Fsp3) is 0.176. The number of sulfone groups is 1. The van der Waals surface area contributed by atoms with Gasteiger partial charge in [0.15, 0.2) is 5.58 Å². The number of benzene rings is 2. The van der Waals surface area contributed by atoms with Crippen molar-refractivity contribution in [2.75, 3.05) is 6.54 Å². The van der Waals surface area contributed by atoms with Crippen LogP contribution >= 0.6 is 23.2 Å². The zero-order valence-electron chi connectivity index (χ0n) is 12.5. The molecular formula is C17H13Cl2NO3S. The average molecular weight is 382 g/mol. The second-order valence-electron chi connectivity index (χ2n) is 5.67. The van der Waals surface area contributed by atoms with Gasteiger partial charge < -0.3 is 9.73 Å². The summed E-state index contributed by atoms with van der Waals surface area (Å²) in [4.78, 5) is 0.275. The summed E-state index contributed by atoms with van der Waals surface area (Å²) < 4.78 is 31.6. The van der Waals surface area contributed by atoms with Crippen LogP contribution in [0.1, 0.15) is 11.3 Å². The lowest BCUT2D eigenvalue weighted by Gasteiger charge is -2.11. The summed E-state index contributed by atoms with van der Waals surface area (Å²) in [6.07, 6.45) is 0.761. The van der Waals surface area contributed by atoms with Crippen molar-refractivity contribution < 1.29 is 12.8 Å². The molecule has 2 heterocycles. The normalized spacial score (nSPS) is 14.8. The van der Waals surface area contributed by atoms with Gasteiger partial charge in [0, 0.05) is 35.5 Å². The van der Waals surface area contributed by atoms with E-state index in [1.165, 1.54) is 18.2 Å². The van der Waals surface area contributed by atoms with Crippen LogP contribution in [0.2, 0.25) is 10.0 Å². The molecule has 2 aromatic carbocycles. The zero-order chi connectivity index (χ0) is 16.9. The van der Waals surface area contributed by atoms with Crippen LogP contribution in [0.4, 0.5) is 0 Å². The lowest BCUT2D eigenvalue weighted by Crippen LogP contribution is -2.22. The molecule has 4 nitrogen and oxygen atoms in total. The monoisotopic (exact) mass is 381 g/mol. The first-order chi connectivity index (χ1) is 11.5. The van der Waals surface area contributed by atoms with Gasteiger partial charge in [0.2, 0.25) is 9.84 Å². The molecule has 4 rings (SSSR count). The second kappa shape index (κ2) is 5.77. The highest BCUT2D eigenvalue weighted by Crippen LogP contribution is 2.36. The Morgan fingerprint density at radius 1 is 1.08 bits per heavy atom. The van der Waals surface area contributed by atoms with Crippen LogP contribution in [0.3, 0.4) is 0 Å². The first-order valence-electron chi connectivity index (χ1n) is 7.42. The second-order valence-corrected chi connectivity index (χ2v) is 8.47. The molecule has 1 aliphatic rings. The maximum Gasteiger partial charge on any atom is 0.206 e. The Balaban J connectivity index is 1.94. The van der Waals surface area contributed by atoms with Gasteiger partial charge >= 0.3 is 0 Å². The molecule has 0 saturated heterocycles. The Morgan fingerprint density at radius 3 is 2.71 bits per heavy atom. The number of furan rings is 1. The van der Waals surface area contributed by atoms with Gasteiger partial charge in [-0.05, 0) is 30.3 Å². The summed E-state index contributed by atoms with van der Waals surface area (Å²) in [5, 5.41) is 4.67. The summed E-state index contributed by atoms with van der Waals surface area (Å²) in [6, 6.07) is 9.26. The van der Waals surface area contributed by atoms with Crippen molar-refractivity contribution in [1.29, 1.82) is 0 Å². The van der Waals surface area contributed by atoms with Crippen molar-refractivity contribution in [2.45, 2.75) is 22.8 Å². The summed E-state index contributed by atoms with van der Waals surface area (Å²) in [6.45, 7) is 1.47. The van der Waals surface area contributed by atoms with E-state index in [0.717, 1.165) is 29.7 Å². The molecule has 0 saturated carbocycles. The number of rotatable bonds is 2. The van der Waals surface area contributed by atoms with E-state index in [4.69, 9.17) is 27.6 Å². The highest BCUT2D eigenvalue weighted by molar-refractivity contribution is 7.91.